The summed E-state index contributed by atoms with van der Waals surface area (Å²) in [4.78, 5) is 4.35. The van der Waals surface area contributed by atoms with Crippen LogP contribution in [0.3, 0.4) is 0 Å². The standard InChI is InChI=1S/C14H21F3N2S/c1-9(2)6-18-7-10-4-3-5-11(10)12-8-19-13(20-12)14(15,16)17/h8-11,18H,3-7H2,1-2H3. The molecule has 1 aliphatic rings. The molecule has 1 fully saturated rings. The molecule has 114 valence electrons. The molecule has 1 aromatic heterocycles. The predicted octanol–water partition coefficient (Wildman–Crippen LogP) is 4.29. The van der Waals surface area contributed by atoms with Gasteiger partial charge < -0.3 is 5.32 Å². The van der Waals surface area contributed by atoms with Crippen LogP contribution in [0.4, 0.5) is 13.2 Å². The maximum atomic E-state index is 12.6. The largest absolute Gasteiger partial charge is 0.443 e. The van der Waals surface area contributed by atoms with Gasteiger partial charge in [-0.05, 0) is 43.7 Å². The van der Waals surface area contributed by atoms with Crippen LogP contribution < -0.4 is 5.32 Å². The number of rotatable bonds is 5. The van der Waals surface area contributed by atoms with Gasteiger partial charge in [0, 0.05) is 11.1 Å². The molecule has 1 heterocycles. The highest BCUT2D eigenvalue weighted by Gasteiger charge is 2.37. The van der Waals surface area contributed by atoms with Crippen molar-refractivity contribution in [1.82, 2.24) is 10.3 Å². The van der Waals surface area contributed by atoms with Gasteiger partial charge in [-0.25, -0.2) is 4.98 Å². The first-order valence-electron chi connectivity index (χ1n) is 7.11. The molecule has 6 heteroatoms. The van der Waals surface area contributed by atoms with Gasteiger partial charge in [-0.2, -0.15) is 13.2 Å². The molecular formula is C14H21F3N2S. The second kappa shape index (κ2) is 6.43. The zero-order valence-corrected chi connectivity index (χ0v) is 12.7. The molecule has 1 aromatic rings. The van der Waals surface area contributed by atoms with E-state index in [1.807, 2.05) is 0 Å². The molecule has 0 bridgehead atoms. The van der Waals surface area contributed by atoms with Gasteiger partial charge in [0.05, 0.1) is 0 Å². The third-order valence-corrected chi connectivity index (χ3v) is 4.92. The quantitative estimate of drug-likeness (QED) is 0.877. The van der Waals surface area contributed by atoms with Crippen LogP contribution in [0.2, 0.25) is 0 Å². The Kier molecular flexibility index (Phi) is 5.07. The minimum Gasteiger partial charge on any atom is -0.316 e. The van der Waals surface area contributed by atoms with Gasteiger partial charge in [0.1, 0.15) is 0 Å². The molecule has 0 radical (unpaired) electrons. The lowest BCUT2D eigenvalue weighted by molar-refractivity contribution is -0.137. The number of hydrogen-bond donors (Lipinski definition) is 1. The van der Waals surface area contributed by atoms with Crippen molar-refractivity contribution in [2.24, 2.45) is 11.8 Å². The SMILES string of the molecule is CC(C)CNCC1CCCC1c1cnc(C(F)(F)F)s1. The van der Waals surface area contributed by atoms with Crippen LogP contribution in [0.1, 0.15) is 48.9 Å². The lowest BCUT2D eigenvalue weighted by atomic mass is 9.95. The number of alkyl halides is 3. The fourth-order valence-electron chi connectivity index (χ4n) is 2.80. The van der Waals surface area contributed by atoms with E-state index >= 15 is 0 Å². The molecule has 20 heavy (non-hydrogen) atoms. The van der Waals surface area contributed by atoms with Gasteiger partial charge in [0.2, 0.25) is 0 Å². The Morgan fingerprint density at radius 1 is 1.40 bits per heavy atom. The molecule has 0 amide bonds. The van der Waals surface area contributed by atoms with Crippen molar-refractivity contribution in [2.75, 3.05) is 13.1 Å². The highest BCUT2D eigenvalue weighted by molar-refractivity contribution is 7.11. The first-order chi connectivity index (χ1) is 9.38. The summed E-state index contributed by atoms with van der Waals surface area (Å²) in [6.45, 7) is 6.15. The van der Waals surface area contributed by atoms with Crippen LogP contribution in [0.25, 0.3) is 0 Å². The van der Waals surface area contributed by atoms with Gasteiger partial charge in [-0.15, -0.1) is 11.3 Å². The average Bonchev–Trinajstić information content (AvgIpc) is 2.93. The van der Waals surface area contributed by atoms with Gasteiger partial charge in [-0.3, -0.25) is 0 Å². The van der Waals surface area contributed by atoms with Gasteiger partial charge in [0.15, 0.2) is 5.01 Å². The number of nitrogens with zero attached hydrogens (tertiary/aromatic N) is 1. The summed E-state index contributed by atoms with van der Waals surface area (Å²) < 4.78 is 37.8. The number of thiazole rings is 1. The average molecular weight is 306 g/mol. The molecule has 2 unspecified atom stereocenters. The second-order valence-corrected chi connectivity index (χ2v) is 6.98. The molecule has 0 saturated heterocycles. The van der Waals surface area contributed by atoms with E-state index in [1.54, 1.807) is 0 Å². The summed E-state index contributed by atoms with van der Waals surface area (Å²) in [5.41, 5.74) is 0. The number of nitrogens with one attached hydrogen (secondary N) is 1. The fraction of sp³-hybridized carbons (Fsp3) is 0.786. The van der Waals surface area contributed by atoms with Crippen molar-refractivity contribution in [3.05, 3.63) is 16.1 Å². The molecule has 0 aliphatic heterocycles. The zero-order valence-electron chi connectivity index (χ0n) is 11.8. The van der Waals surface area contributed by atoms with E-state index in [0.717, 1.165) is 48.6 Å². The molecule has 2 rings (SSSR count). The van der Waals surface area contributed by atoms with E-state index in [9.17, 15) is 13.2 Å². The maximum absolute atomic E-state index is 12.6. The Balaban J connectivity index is 1.98. The molecule has 1 saturated carbocycles. The minimum atomic E-state index is -4.31. The number of halogens is 3. The van der Waals surface area contributed by atoms with Crippen molar-refractivity contribution in [3.8, 4) is 0 Å². The van der Waals surface area contributed by atoms with Crippen molar-refractivity contribution in [1.29, 1.82) is 0 Å². The number of hydrogen-bond acceptors (Lipinski definition) is 3. The van der Waals surface area contributed by atoms with E-state index < -0.39 is 11.2 Å². The third kappa shape index (κ3) is 3.95. The van der Waals surface area contributed by atoms with Crippen LogP contribution in [0.5, 0.6) is 0 Å². The fourth-order valence-corrected chi connectivity index (χ4v) is 3.81. The highest BCUT2D eigenvalue weighted by Crippen LogP contribution is 2.43. The van der Waals surface area contributed by atoms with E-state index in [4.69, 9.17) is 0 Å². The molecule has 2 atom stereocenters. The molecule has 0 aromatic carbocycles. The van der Waals surface area contributed by atoms with E-state index in [1.165, 1.54) is 6.20 Å². The van der Waals surface area contributed by atoms with Crippen LogP contribution in [-0.2, 0) is 6.18 Å². The summed E-state index contributed by atoms with van der Waals surface area (Å²) in [7, 11) is 0. The van der Waals surface area contributed by atoms with E-state index in [0.29, 0.717) is 11.8 Å². The maximum Gasteiger partial charge on any atom is 0.443 e. The topological polar surface area (TPSA) is 24.9 Å². The summed E-state index contributed by atoms with van der Waals surface area (Å²) >= 11 is 0.817. The van der Waals surface area contributed by atoms with Crippen LogP contribution >= 0.6 is 11.3 Å². The monoisotopic (exact) mass is 306 g/mol. The van der Waals surface area contributed by atoms with E-state index in [2.05, 4.69) is 24.1 Å². The van der Waals surface area contributed by atoms with Crippen molar-refractivity contribution in [3.63, 3.8) is 0 Å². The van der Waals surface area contributed by atoms with Crippen LogP contribution in [0.15, 0.2) is 6.20 Å². The number of aromatic nitrogens is 1. The van der Waals surface area contributed by atoms with Crippen LogP contribution in [0, 0.1) is 11.8 Å². The zero-order chi connectivity index (χ0) is 14.8. The molecule has 1 N–H and O–H groups in total. The molecule has 0 spiro atoms. The third-order valence-electron chi connectivity index (χ3n) is 3.75. The van der Waals surface area contributed by atoms with Gasteiger partial charge in [0.25, 0.3) is 0 Å². The Morgan fingerprint density at radius 2 is 2.15 bits per heavy atom. The lowest BCUT2D eigenvalue weighted by Gasteiger charge is -2.19. The van der Waals surface area contributed by atoms with Crippen molar-refractivity contribution >= 4 is 11.3 Å². The lowest BCUT2D eigenvalue weighted by Crippen LogP contribution is -2.27. The first kappa shape index (κ1) is 15.8. The Labute approximate surface area is 121 Å². The smallest absolute Gasteiger partial charge is 0.316 e. The minimum absolute atomic E-state index is 0.239. The molecule has 2 nitrogen and oxygen atoms in total. The summed E-state index contributed by atoms with van der Waals surface area (Å²) in [6.07, 6.45) is 0.284. The van der Waals surface area contributed by atoms with Crippen molar-refractivity contribution in [2.45, 2.75) is 45.2 Å². The second-order valence-electron chi connectivity index (χ2n) is 5.92. The molecular weight excluding hydrogens is 285 g/mol. The van der Waals surface area contributed by atoms with Crippen LogP contribution in [-0.4, -0.2) is 18.1 Å². The molecule has 1 aliphatic carbocycles. The summed E-state index contributed by atoms with van der Waals surface area (Å²) in [5, 5.41) is 2.71. The summed E-state index contributed by atoms with van der Waals surface area (Å²) in [5.74, 6) is 1.27. The highest BCUT2D eigenvalue weighted by atomic mass is 32.1. The Bertz CT molecular complexity index is 428. The predicted molar refractivity (Wildman–Crippen MR) is 74.9 cm³/mol. The van der Waals surface area contributed by atoms with Crippen molar-refractivity contribution < 1.29 is 13.2 Å². The van der Waals surface area contributed by atoms with E-state index in [-0.39, 0.29) is 5.92 Å². The Morgan fingerprint density at radius 3 is 2.75 bits per heavy atom. The normalized spacial score (nSPS) is 23.7. The van der Waals surface area contributed by atoms with Gasteiger partial charge in [-0.1, -0.05) is 20.3 Å². The van der Waals surface area contributed by atoms with Gasteiger partial charge >= 0.3 is 6.18 Å². The summed E-state index contributed by atoms with van der Waals surface area (Å²) in [6, 6.07) is 0. The first-order valence-corrected chi connectivity index (χ1v) is 7.93. The Hall–Kier alpha value is -0.620.